The van der Waals surface area contributed by atoms with Crippen LogP contribution in [0.5, 0.6) is 5.75 Å². The number of hydrogen-bond donors (Lipinski definition) is 2. The number of ether oxygens (including phenoxy) is 1. The molecule has 0 atom stereocenters. The molecule has 3 heterocycles. The molecule has 0 radical (unpaired) electrons. The fourth-order valence-corrected chi connectivity index (χ4v) is 4.57. The van der Waals surface area contributed by atoms with Crippen LogP contribution < -0.4 is 15.4 Å². The summed E-state index contributed by atoms with van der Waals surface area (Å²) in [6, 6.07) is 13.3. The summed E-state index contributed by atoms with van der Waals surface area (Å²) in [5, 5.41) is 12.9. The standard InChI is InChI=1S/C22H22N4O4.C6H8N2O/c1-29-17-4-2-3-15(11-17)18-6-5-16(12-23-14-27)20-13-26(9-7-19(18)20)22(28)24-21-8-10-30-25-21;1-4-7-6(9-8-4)5-2-3-5/h2-6,8,10-11,14H,7,9,12-13H2,1H3,(H,23,27)(H,24,25,28);5H,2-3H2,1H3. The highest BCUT2D eigenvalue weighted by molar-refractivity contribution is 5.88. The third-order valence-electron chi connectivity index (χ3n) is 6.70. The summed E-state index contributed by atoms with van der Waals surface area (Å²) in [5.74, 6) is 3.33. The zero-order valence-corrected chi connectivity index (χ0v) is 21.8. The normalized spacial score (nSPS) is 14.1. The molecule has 202 valence electrons. The van der Waals surface area contributed by atoms with Gasteiger partial charge in [-0.05, 0) is 66.1 Å². The summed E-state index contributed by atoms with van der Waals surface area (Å²) in [6.07, 6.45) is 5.23. The lowest BCUT2D eigenvalue weighted by atomic mass is 9.87. The summed E-state index contributed by atoms with van der Waals surface area (Å²) in [4.78, 5) is 29.4. The van der Waals surface area contributed by atoms with E-state index in [1.54, 1.807) is 18.1 Å². The molecule has 0 saturated heterocycles. The molecule has 11 heteroatoms. The number of carbonyl (C=O) groups excluding carboxylic acids is 2. The minimum absolute atomic E-state index is 0.240. The Morgan fingerprint density at radius 2 is 2.05 bits per heavy atom. The van der Waals surface area contributed by atoms with Gasteiger partial charge in [0, 0.05) is 31.6 Å². The van der Waals surface area contributed by atoms with Gasteiger partial charge in [0.1, 0.15) is 12.0 Å². The van der Waals surface area contributed by atoms with Crippen molar-refractivity contribution >= 4 is 18.3 Å². The van der Waals surface area contributed by atoms with Crippen molar-refractivity contribution < 1.29 is 23.4 Å². The molecule has 1 aliphatic heterocycles. The minimum atomic E-state index is -0.240. The molecule has 0 bridgehead atoms. The van der Waals surface area contributed by atoms with E-state index in [1.807, 2.05) is 37.3 Å². The first-order valence-corrected chi connectivity index (χ1v) is 12.8. The number of benzene rings is 2. The first-order chi connectivity index (χ1) is 19.1. The second-order valence-corrected chi connectivity index (χ2v) is 9.40. The van der Waals surface area contributed by atoms with Crippen molar-refractivity contribution in [2.45, 2.75) is 45.2 Å². The Morgan fingerprint density at radius 1 is 1.18 bits per heavy atom. The molecule has 3 amide bonds. The number of methoxy groups -OCH3 is 1. The Bertz CT molecular complexity index is 1430. The first kappa shape index (κ1) is 26.0. The van der Waals surface area contributed by atoms with Crippen molar-refractivity contribution in [1.29, 1.82) is 0 Å². The van der Waals surface area contributed by atoms with Crippen LogP contribution in [0.4, 0.5) is 10.6 Å². The van der Waals surface area contributed by atoms with Crippen molar-refractivity contribution in [3.63, 3.8) is 0 Å². The molecule has 0 unspecified atom stereocenters. The molecule has 1 aliphatic carbocycles. The lowest BCUT2D eigenvalue weighted by Gasteiger charge is -2.32. The Balaban J connectivity index is 0.000000287. The van der Waals surface area contributed by atoms with Crippen molar-refractivity contribution in [1.82, 2.24) is 25.5 Å². The fraction of sp³-hybridized carbons (Fsp3) is 0.321. The number of anilines is 1. The molecule has 2 aromatic heterocycles. The van der Waals surface area contributed by atoms with E-state index in [4.69, 9.17) is 13.8 Å². The van der Waals surface area contributed by atoms with Crippen LogP contribution in [0, 0.1) is 6.92 Å². The predicted octanol–water partition coefficient (Wildman–Crippen LogP) is 4.44. The molecule has 2 aromatic carbocycles. The third-order valence-corrected chi connectivity index (χ3v) is 6.70. The molecular formula is C28H30N6O5. The summed E-state index contributed by atoms with van der Waals surface area (Å²) in [7, 11) is 1.65. The van der Waals surface area contributed by atoms with E-state index < -0.39 is 0 Å². The van der Waals surface area contributed by atoms with Crippen LogP contribution >= 0.6 is 0 Å². The maximum atomic E-state index is 12.7. The van der Waals surface area contributed by atoms with E-state index in [2.05, 4.69) is 32.0 Å². The molecule has 11 nitrogen and oxygen atoms in total. The van der Waals surface area contributed by atoms with Gasteiger partial charge in [0.2, 0.25) is 12.3 Å². The highest BCUT2D eigenvalue weighted by Crippen LogP contribution is 2.38. The van der Waals surface area contributed by atoms with Gasteiger partial charge >= 0.3 is 6.03 Å². The van der Waals surface area contributed by atoms with E-state index in [9.17, 15) is 9.59 Å². The van der Waals surface area contributed by atoms with Crippen molar-refractivity contribution in [3.8, 4) is 16.9 Å². The number of amides is 3. The molecule has 1 fully saturated rings. The van der Waals surface area contributed by atoms with Gasteiger partial charge in [-0.3, -0.25) is 10.1 Å². The summed E-state index contributed by atoms with van der Waals surface area (Å²) in [5.41, 5.74) is 5.38. The van der Waals surface area contributed by atoms with E-state index in [0.717, 1.165) is 39.7 Å². The van der Waals surface area contributed by atoms with Gasteiger partial charge in [-0.25, -0.2) is 4.79 Å². The van der Waals surface area contributed by atoms with Crippen LogP contribution in [0.25, 0.3) is 11.1 Å². The van der Waals surface area contributed by atoms with Gasteiger partial charge in [0.05, 0.1) is 7.11 Å². The van der Waals surface area contributed by atoms with Gasteiger partial charge in [-0.2, -0.15) is 4.98 Å². The quantitative estimate of drug-likeness (QED) is 0.335. The minimum Gasteiger partial charge on any atom is -0.497 e. The van der Waals surface area contributed by atoms with Crippen LogP contribution in [-0.2, 0) is 24.3 Å². The predicted molar refractivity (Wildman–Crippen MR) is 142 cm³/mol. The number of rotatable bonds is 7. The monoisotopic (exact) mass is 530 g/mol. The van der Waals surface area contributed by atoms with Gasteiger partial charge < -0.3 is 24.0 Å². The maximum Gasteiger partial charge on any atom is 0.323 e. The van der Waals surface area contributed by atoms with Gasteiger partial charge in [0.15, 0.2) is 11.6 Å². The maximum absolute atomic E-state index is 12.7. The Hall–Kier alpha value is -4.67. The number of carbonyl (C=O) groups is 2. The highest BCUT2D eigenvalue weighted by Gasteiger charge is 2.29. The summed E-state index contributed by atoms with van der Waals surface area (Å²) < 4.78 is 15.1. The smallest absolute Gasteiger partial charge is 0.323 e. The molecule has 2 aliphatic rings. The van der Waals surface area contributed by atoms with Crippen molar-refractivity contribution in [2.75, 3.05) is 19.0 Å². The van der Waals surface area contributed by atoms with Crippen LogP contribution in [-0.4, -0.2) is 46.3 Å². The number of fused-ring (bicyclic) bond motifs is 1. The average molecular weight is 531 g/mol. The molecule has 2 N–H and O–H groups in total. The van der Waals surface area contributed by atoms with Crippen molar-refractivity contribution in [3.05, 3.63) is 77.1 Å². The summed E-state index contributed by atoms with van der Waals surface area (Å²) >= 11 is 0. The SMILES string of the molecule is COc1cccc(-c2ccc(CNC=O)c3c2CCN(C(=O)Nc2ccon2)C3)c1.Cc1noc(C2CC2)n1. The van der Waals surface area contributed by atoms with Crippen LogP contribution in [0.2, 0.25) is 0 Å². The Labute approximate surface area is 225 Å². The molecule has 0 spiro atoms. The second kappa shape index (κ2) is 11.8. The molecule has 39 heavy (non-hydrogen) atoms. The largest absolute Gasteiger partial charge is 0.497 e. The lowest BCUT2D eigenvalue weighted by Crippen LogP contribution is -2.39. The number of aryl methyl sites for hydroxylation is 1. The zero-order valence-electron chi connectivity index (χ0n) is 21.8. The molecule has 4 aromatic rings. The van der Waals surface area contributed by atoms with E-state index in [0.29, 0.717) is 44.2 Å². The van der Waals surface area contributed by atoms with Crippen LogP contribution in [0.1, 0.15) is 47.2 Å². The number of nitrogens with one attached hydrogen (secondary N) is 2. The van der Waals surface area contributed by atoms with E-state index in [1.165, 1.54) is 24.7 Å². The Morgan fingerprint density at radius 3 is 2.74 bits per heavy atom. The van der Waals surface area contributed by atoms with Crippen LogP contribution in [0.15, 0.2) is 57.8 Å². The van der Waals surface area contributed by atoms with Gasteiger partial charge in [0.25, 0.3) is 0 Å². The van der Waals surface area contributed by atoms with Gasteiger partial charge in [-0.1, -0.05) is 34.6 Å². The van der Waals surface area contributed by atoms with Gasteiger partial charge in [-0.15, -0.1) is 0 Å². The summed E-state index contributed by atoms with van der Waals surface area (Å²) in [6.45, 7) is 3.25. The van der Waals surface area contributed by atoms with E-state index in [-0.39, 0.29) is 6.03 Å². The van der Waals surface area contributed by atoms with Crippen molar-refractivity contribution in [2.24, 2.45) is 0 Å². The topological polar surface area (TPSA) is 136 Å². The van der Waals surface area contributed by atoms with E-state index >= 15 is 0 Å². The number of nitrogens with zero attached hydrogens (tertiary/aromatic N) is 4. The molecule has 6 rings (SSSR count). The lowest BCUT2D eigenvalue weighted by molar-refractivity contribution is -0.109. The third kappa shape index (κ3) is 6.25. The first-order valence-electron chi connectivity index (χ1n) is 12.8. The molecule has 1 saturated carbocycles. The number of urea groups is 1. The highest BCUT2D eigenvalue weighted by atomic mass is 16.5. The second-order valence-electron chi connectivity index (χ2n) is 9.40. The number of hydrogen-bond acceptors (Lipinski definition) is 8. The fourth-order valence-electron chi connectivity index (χ4n) is 4.57. The molecular weight excluding hydrogens is 500 g/mol. The average Bonchev–Trinajstić information content (AvgIpc) is 3.52. The zero-order chi connectivity index (χ0) is 27.2. The Kier molecular flexibility index (Phi) is 7.86. The van der Waals surface area contributed by atoms with Crippen LogP contribution in [0.3, 0.4) is 0 Å². The number of aromatic nitrogens is 3.